The summed E-state index contributed by atoms with van der Waals surface area (Å²) in [6.45, 7) is 3.22. The summed E-state index contributed by atoms with van der Waals surface area (Å²) in [5.41, 5.74) is 1.39. The van der Waals surface area contributed by atoms with E-state index in [0.29, 0.717) is 6.10 Å². The predicted octanol–water partition coefficient (Wildman–Crippen LogP) is 3.74. The lowest BCUT2D eigenvalue weighted by Crippen LogP contribution is -2.37. The highest BCUT2D eigenvalue weighted by Crippen LogP contribution is 2.22. The summed E-state index contributed by atoms with van der Waals surface area (Å²) in [5, 5.41) is 0. The Bertz CT molecular complexity index is 560. The van der Waals surface area contributed by atoms with Crippen LogP contribution in [0.25, 0.3) is 0 Å². The van der Waals surface area contributed by atoms with Crippen molar-refractivity contribution in [2.24, 2.45) is 0 Å². The molecule has 0 N–H and O–H groups in total. The van der Waals surface area contributed by atoms with E-state index in [4.69, 9.17) is 9.47 Å². The lowest BCUT2D eigenvalue weighted by molar-refractivity contribution is 0.0967. The molecule has 1 aliphatic rings. The monoisotopic (exact) mass is 297 g/mol. The van der Waals surface area contributed by atoms with Crippen molar-refractivity contribution in [2.75, 3.05) is 20.2 Å². The van der Waals surface area contributed by atoms with Gasteiger partial charge in [0.25, 0.3) is 0 Å². The van der Waals surface area contributed by atoms with Crippen LogP contribution < -0.4 is 9.47 Å². The minimum atomic E-state index is 0.320. The second-order valence-electron chi connectivity index (χ2n) is 5.75. The molecule has 3 rings (SSSR count). The van der Waals surface area contributed by atoms with Crippen LogP contribution in [0, 0.1) is 0 Å². The van der Waals surface area contributed by atoms with Gasteiger partial charge < -0.3 is 9.47 Å². The fourth-order valence-electron chi connectivity index (χ4n) is 2.87. The smallest absolute Gasteiger partial charge is 0.119 e. The number of hydrogen-bond donors (Lipinski definition) is 0. The van der Waals surface area contributed by atoms with Crippen LogP contribution in [0.15, 0.2) is 54.6 Å². The average Bonchev–Trinajstić information content (AvgIpc) is 2.58. The second-order valence-corrected chi connectivity index (χ2v) is 5.75. The van der Waals surface area contributed by atoms with Crippen molar-refractivity contribution in [1.82, 2.24) is 4.90 Å². The molecule has 2 aromatic rings. The SMILES string of the molecule is COc1ccc(OC2CCN(Cc3ccccc3)CC2)cc1. The Balaban J connectivity index is 1.47. The van der Waals surface area contributed by atoms with Gasteiger partial charge in [-0.3, -0.25) is 4.90 Å². The van der Waals surface area contributed by atoms with Gasteiger partial charge in [-0.05, 0) is 42.7 Å². The minimum absolute atomic E-state index is 0.320. The maximum absolute atomic E-state index is 6.07. The molecule has 0 bridgehead atoms. The molecule has 1 aliphatic heterocycles. The summed E-state index contributed by atoms with van der Waals surface area (Å²) in [6.07, 6.45) is 2.48. The third-order valence-corrected chi connectivity index (χ3v) is 4.15. The van der Waals surface area contributed by atoms with Crippen LogP contribution in [0.5, 0.6) is 11.5 Å². The van der Waals surface area contributed by atoms with Crippen LogP contribution in [0.4, 0.5) is 0 Å². The third kappa shape index (κ3) is 4.01. The molecule has 0 atom stereocenters. The lowest BCUT2D eigenvalue weighted by Gasteiger charge is -2.32. The first kappa shape index (κ1) is 14.9. The van der Waals surface area contributed by atoms with E-state index < -0.39 is 0 Å². The van der Waals surface area contributed by atoms with Gasteiger partial charge in [0.05, 0.1) is 7.11 Å². The quantitative estimate of drug-likeness (QED) is 0.839. The summed E-state index contributed by atoms with van der Waals surface area (Å²) in [6, 6.07) is 18.5. The topological polar surface area (TPSA) is 21.7 Å². The molecule has 0 amide bonds. The summed E-state index contributed by atoms with van der Waals surface area (Å²) in [7, 11) is 1.68. The van der Waals surface area contributed by atoms with Crippen molar-refractivity contribution in [3.8, 4) is 11.5 Å². The van der Waals surface area contributed by atoms with Gasteiger partial charge in [0.1, 0.15) is 17.6 Å². The van der Waals surface area contributed by atoms with E-state index in [0.717, 1.165) is 44.0 Å². The van der Waals surface area contributed by atoms with E-state index in [2.05, 4.69) is 35.2 Å². The van der Waals surface area contributed by atoms with Gasteiger partial charge in [0.2, 0.25) is 0 Å². The molecule has 0 aromatic heterocycles. The molecular weight excluding hydrogens is 274 g/mol. The Labute approximate surface area is 132 Å². The van der Waals surface area contributed by atoms with Gasteiger partial charge in [-0.15, -0.1) is 0 Å². The molecule has 0 spiro atoms. The van der Waals surface area contributed by atoms with E-state index in [-0.39, 0.29) is 0 Å². The van der Waals surface area contributed by atoms with Crippen molar-refractivity contribution in [3.63, 3.8) is 0 Å². The van der Waals surface area contributed by atoms with E-state index in [1.54, 1.807) is 7.11 Å². The Morgan fingerprint density at radius 2 is 1.55 bits per heavy atom. The average molecular weight is 297 g/mol. The molecule has 3 nitrogen and oxygen atoms in total. The molecular formula is C19H23NO2. The first-order valence-electron chi connectivity index (χ1n) is 7.90. The first-order valence-corrected chi connectivity index (χ1v) is 7.90. The van der Waals surface area contributed by atoms with Crippen LogP contribution in [0.1, 0.15) is 18.4 Å². The molecule has 0 unspecified atom stereocenters. The van der Waals surface area contributed by atoms with Crippen LogP contribution in [0.2, 0.25) is 0 Å². The maximum Gasteiger partial charge on any atom is 0.119 e. The Morgan fingerprint density at radius 1 is 0.909 bits per heavy atom. The van der Waals surface area contributed by atoms with Crippen molar-refractivity contribution in [3.05, 3.63) is 60.2 Å². The molecule has 0 aliphatic carbocycles. The molecule has 3 heteroatoms. The highest BCUT2D eigenvalue weighted by atomic mass is 16.5. The standard InChI is InChI=1S/C19H23NO2/c1-21-17-7-9-18(10-8-17)22-19-11-13-20(14-12-19)15-16-5-3-2-4-6-16/h2-10,19H,11-15H2,1H3. The van der Waals surface area contributed by atoms with Crippen molar-refractivity contribution in [2.45, 2.75) is 25.5 Å². The van der Waals surface area contributed by atoms with Crippen LogP contribution in [-0.2, 0) is 6.54 Å². The third-order valence-electron chi connectivity index (χ3n) is 4.15. The minimum Gasteiger partial charge on any atom is -0.497 e. The number of hydrogen-bond acceptors (Lipinski definition) is 3. The molecule has 0 saturated carbocycles. The molecule has 1 heterocycles. The van der Waals surface area contributed by atoms with E-state index >= 15 is 0 Å². The van der Waals surface area contributed by atoms with Crippen molar-refractivity contribution >= 4 is 0 Å². The van der Waals surface area contributed by atoms with Gasteiger partial charge in [-0.25, -0.2) is 0 Å². The number of methoxy groups -OCH3 is 1. The first-order chi connectivity index (χ1) is 10.8. The number of rotatable bonds is 5. The Kier molecular flexibility index (Phi) is 4.96. The van der Waals surface area contributed by atoms with Crippen LogP contribution in [-0.4, -0.2) is 31.2 Å². The van der Waals surface area contributed by atoms with E-state index in [9.17, 15) is 0 Å². The predicted molar refractivity (Wildman–Crippen MR) is 88.4 cm³/mol. The van der Waals surface area contributed by atoms with Gasteiger partial charge in [-0.1, -0.05) is 30.3 Å². The summed E-state index contributed by atoms with van der Waals surface area (Å²) < 4.78 is 11.2. The molecule has 1 saturated heterocycles. The van der Waals surface area contributed by atoms with Gasteiger partial charge in [0, 0.05) is 19.6 Å². The lowest BCUT2D eigenvalue weighted by atomic mass is 10.1. The second kappa shape index (κ2) is 7.32. The molecule has 0 radical (unpaired) electrons. The van der Waals surface area contributed by atoms with Crippen molar-refractivity contribution in [1.29, 1.82) is 0 Å². The molecule has 1 fully saturated rings. The number of benzene rings is 2. The molecule has 116 valence electrons. The Hall–Kier alpha value is -2.00. The highest BCUT2D eigenvalue weighted by molar-refractivity contribution is 5.31. The summed E-state index contributed by atoms with van der Waals surface area (Å²) in [5.74, 6) is 1.80. The number of nitrogens with zero attached hydrogens (tertiary/aromatic N) is 1. The van der Waals surface area contributed by atoms with E-state index in [1.807, 2.05) is 24.3 Å². The van der Waals surface area contributed by atoms with Crippen LogP contribution >= 0.6 is 0 Å². The zero-order valence-electron chi connectivity index (χ0n) is 13.1. The zero-order valence-corrected chi connectivity index (χ0v) is 13.1. The molecule has 22 heavy (non-hydrogen) atoms. The number of piperidine rings is 1. The number of ether oxygens (including phenoxy) is 2. The van der Waals surface area contributed by atoms with E-state index in [1.165, 1.54) is 5.56 Å². The van der Waals surface area contributed by atoms with Gasteiger partial charge >= 0.3 is 0 Å². The fraction of sp³-hybridized carbons (Fsp3) is 0.368. The van der Waals surface area contributed by atoms with Crippen molar-refractivity contribution < 1.29 is 9.47 Å². The highest BCUT2D eigenvalue weighted by Gasteiger charge is 2.20. The largest absolute Gasteiger partial charge is 0.497 e. The van der Waals surface area contributed by atoms with Crippen LogP contribution in [0.3, 0.4) is 0 Å². The Morgan fingerprint density at radius 3 is 2.18 bits per heavy atom. The normalized spacial score (nSPS) is 16.4. The number of likely N-dealkylation sites (tertiary alicyclic amines) is 1. The summed E-state index contributed by atoms with van der Waals surface area (Å²) >= 11 is 0. The van der Waals surface area contributed by atoms with Gasteiger partial charge in [0.15, 0.2) is 0 Å². The van der Waals surface area contributed by atoms with Gasteiger partial charge in [-0.2, -0.15) is 0 Å². The maximum atomic E-state index is 6.07. The molecule has 2 aromatic carbocycles. The summed E-state index contributed by atoms with van der Waals surface area (Å²) in [4.78, 5) is 2.50. The fourth-order valence-corrected chi connectivity index (χ4v) is 2.87. The zero-order chi connectivity index (χ0) is 15.2.